The molecule has 1 N–H and O–H groups in total. The van der Waals surface area contributed by atoms with Crippen LogP contribution in [0, 0.1) is 0 Å². The van der Waals surface area contributed by atoms with Gasteiger partial charge in [0.1, 0.15) is 22.8 Å². The number of halogens is 3. The average molecular weight is 422 g/mol. The Balaban J connectivity index is 1.80. The SMILES string of the molecule is COc1ccc(Oc2ccc(C(F)(F)F)cc2)cc1NC(=O)C1(C)CCC(=O)N1C. The molecule has 0 aliphatic carbocycles. The highest BCUT2D eigenvalue weighted by Gasteiger charge is 2.45. The maximum Gasteiger partial charge on any atom is 0.416 e. The van der Waals surface area contributed by atoms with E-state index in [1.807, 2.05) is 0 Å². The number of nitrogens with one attached hydrogen (secondary N) is 1. The van der Waals surface area contributed by atoms with Gasteiger partial charge in [0.15, 0.2) is 0 Å². The zero-order chi connectivity index (χ0) is 22.1. The molecule has 0 aromatic heterocycles. The summed E-state index contributed by atoms with van der Waals surface area (Å²) in [7, 11) is 3.02. The minimum absolute atomic E-state index is 0.112. The molecule has 160 valence electrons. The summed E-state index contributed by atoms with van der Waals surface area (Å²) in [6.45, 7) is 1.68. The highest BCUT2D eigenvalue weighted by Crippen LogP contribution is 2.36. The van der Waals surface area contributed by atoms with E-state index in [0.717, 1.165) is 12.1 Å². The maximum atomic E-state index is 12.9. The molecule has 2 amide bonds. The first-order valence-electron chi connectivity index (χ1n) is 9.16. The molecule has 1 atom stereocenters. The van der Waals surface area contributed by atoms with Crippen molar-refractivity contribution in [3.8, 4) is 17.2 Å². The highest BCUT2D eigenvalue weighted by atomic mass is 19.4. The van der Waals surface area contributed by atoms with Crippen molar-refractivity contribution in [1.29, 1.82) is 0 Å². The van der Waals surface area contributed by atoms with Crippen molar-refractivity contribution in [3.05, 3.63) is 48.0 Å². The number of carbonyl (C=O) groups is 2. The van der Waals surface area contributed by atoms with Crippen molar-refractivity contribution in [2.24, 2.45) is 0 Å². The number of amides is 2. The van der Waals surface area contributed by atoms with Gasteiger partial charge in [-0.1, -0.05) is 0 Å². The Morgan fingerprint density at radius 3 is 2.30 bits per heavy atom. The van der Waals surface area contributed by atoms with Crippen LogP contribution in [0.2, 0.25) is 0 Å². The van der Waals surface area contributed by atoms with E-state index >= 15 is 0 Å². The molecule has 9 heteroatoms. The largest absolute Gasteiger partial charge is 0.495 e. The standard InChI is InChI=1S/C21H21F3N2O4/c1-20(11-10-18(27)26(20)2)19(28)25-16-12-15(8-9-17(16)29-3)30-14-6-4-13(5-7-14)21(22,23)24/h4-9,12H,10-11H2,1-3H3,(H,25,28). The maximum absolute atomic E-state index is 12.9. The molecule has 6 nitrogen and oxygen atoms in total. The fourth-order valence-electron chi connectivity index (χ4n) is 3.18. The topological polar surface area (TPSA) is 67.9 Å². The van der Waals surface area contributed by atoms with Crippen LogP contribution < -0.4 is 14.8 Å². The lowest BCUT2D eigenvalue weighted by Crippen LogP contribution is -2.50. The lowest BCUT2D eigenvalue weighted by Gasteiger charge is -2.31. The molecule has 1 aliphatic heterocycles. The van der Waals surface area contributed by atoms with E-state index in [4.69, 9.17) is 9.47 Å². The Morgan fingerprint density at radius 2 is 1.77 bits per heavy atom. The van der Waals surface area contributed by atoms with Crippen molar-refractivity contribution >= 4 is 17.5 Å². The van der Waals surface area contributed by atoms with E-state index in [2.05, 4.69) is 5.32 Å². The van der Waals surface area contributed by atoms with Crippen LogP contribution in [0.4, 0.5) is 18.9 Å². The third-order valence-electron chi connectivity index (χ3n) is 5.27. The van der Waals surface area contributed by atoms with E-state index in [9.17, 15) is 22.8 Å². The van der Waals surface area contributed by atoms with Crippen LogP contribution in [0.15, 0.2) is 42.5 Å². The number of anilines is 1. The minimum Gasteiger partial charge on any atom is -0.495 e. The summed E-state index contributed by atoms with van der Waals surface area (Å²) in [5.74, 6) is 0.393. The Labute approximate surface area is 171 Å². The van der Waals surface area contributed by atoms with Gasteiger partial charge in [-0.15, -0.1) is 0 Å². The average Bonchev–Trinajstić information content (AvgIpc) is 2.96. The first-order chi connectivity index (χ1) is 14.0. The number of benzene rings is 2. The van der Waals surface area contributed by atoms with Crippen molar-refractivity contribution in [1.82, 2.24) is 4.90 Å². The number of likely N-dealkylation sites (tertiary alicyclic amines) is 1. The van der Waals surface area contributed by atoms with Gasteiger partial charge in [0.05, 0.1) is 18.4 Å². The van der Waals surface area contributed by atoms with E-state index in [1.165, 1.54) is 30.2 Å². The molecular formula is C21H21F3N2O4. The summed E-state index contributed by atoms with van der Waals surface area (Å²) in [4.78, 5) is 26.1. The molecule has 1 aliphatic rings. The van der Waals surface area contributed by atoms with Crippen molar-refractivity contribution in [2.75, 3.05) is 19.5 Å². The van der Waals surface area contributed by atoms with E-state index in [1.54, 1.807) is 26.1 Å². The van der Waals surface area contributed by atoms with Crippen LogP contribution in [0.25, 0.3) is 0 Å². The molecule has 0 bridgehead atoms. The number of methoxy groups -OCH3 is 1. The molecule has 1 fully saturated rings. The molecule has 1 heterocycles. The molecule has 30 heavy (non-hydrogen) atoms. The Morgan fingerprint density at radius 1 is 1.13 bits per heavy atom. The number of alkyl halides is 3. The van der Waals surface area contributed by atoms with Crippen LogP contribution in [-0.4, -0.2) is 36.4 Å². The number of carbonyl (C=O) groups excluding carboxylic acids is 2. The van der Waals surface area contributed by atoms with E-state index in [-0.39, 0.29) is 24.0 Å². The Kier molecular flexibility index (Phi) is 5.65. The summed E-state index contributed by atoms with van der Waals surface area (Å²) >= 11 is 0. The quantitative estimate of drug-likeness (QED) is 0.773. The molecule has 2 aromatic carbocycles. The molecule has 0 saturated carbocycles. The number of hydrogen-bond donors (Lipinski definition) is 1. The van der Waals surface area contributed by atoms with Gasteiger partial charge in [0.2, 0.25) is 11.8 Å². The van der Waals surface area contributed by atoms with Gasteiger partial charge < -0.3 is 19.7 Å². The number of rotatable bonds is 5. The van der Waals surface area contributed by atoms with Gasteiger partial charge in [-0.2, -0.15) is 13.2 Å². The smallest absolute Gasteiger partial charge is 0.416 e. The summed E-state index contributed by atoms with van der Waals surface area (Å²) in [6.07, 6.45) is -3.76. The molecule has 0 spiro atoms. The van der Waals surface area contributed by atoms with Crippen LogP contribution >= 0.6 is 0 Å². The second-order valence-corrected chi connectivity index (χ2v) is 7.17. The van der Waals surface area contributed by atoms with Gasteiger partial charge in [-0.3, -0.25) is 9.59 Å². The van der Waals surface area contributed by atoms with E-state index in [0.29, 0.717) is 23.6 Å². The lowest BCUT2D eigenvalue weighted by atomic mass is 9.98. The highest BCUT2D eigenvalue weighted by molar-refractivity contribution is 6.02. The van der Waals surface area contributed by atoms with Crippen LogP contribution in [0.3, 0.4) is 0 Å². The van der Waals surface area contributed by atoms with Crippen LogP contribution in [-0.2, 0) is 15.8 Å². The minimum atomic E-state index is -4.43. The third kappa shape index (κ3) is 4.19. The first kappa shape index (κ1) is 21.5. The number of ether oxygens (including phenoxy) is 2. The fraction of sp³-hybridized carbons (Fsp3) is 0.333. The zero-order valence-electron chi connectivity index (χ0n) is 16.7. The van der Waals surface area contributed by atoms with Crippen LogP contribution in [0.5, 0.6) is 17.2 Å². The van der Waals surface area contributed by atoms with Gasteiger partial charge >= 0.3 is 6.18 Å². The molecule has 0 radical (unpaired) electrons. The lowest BCUT2D eigenvalue weighted by molar-refractivity contribution is -0.137. The molecule has 1 saturated heterocycles. The normalized spacial score (nSPS) is 19.0. The Bertz CT molecular complexity index is 960. The molecule has 3 rings (SSSR count). The number of nitrogens with zero attached hydrogens (tertiary/aromatic N) is 1. The fourth-order valence-corrected chi connectivity index (χ4v) is 3.18. The summed E-state index contributed by atoms with van der Waals surface area (Å²) in [5.41, 5.74) is -1.45. The van der Waals surface area contributed by atoms with Gasteiger partial charge in [0.25, 0.3) is 0 Å². The van der Waals surface area contributed by atoms with Crippen molar-refractivity contribution in [3.63, 3.8) is 0 Å². The second kappa shape index (κ2) is 7.89. The third-order valence-corrected chi connectivity index (χ3v) is 5.27. The second-order valence-electron chi connectivity index (χ2n) is 7.17. The van der Waals surface area contributed by atoms with Gasteiger partial charge in [-0.05, 0) is 49.7 Å². The van der Waals surface area contributed by atoms with Crippen molar-refractivity contribution in [2.45, 2.75) is 31.5 Å². The van der Waals surface area contributed by atoms with E-state index < -0.39 is 17.3 Å². The Hall–Kier alpha value is -3.23. The molecule has 1 unspecified atom stereocenters. The van der Waals surface area contributed by atoms with Crippen molar-refractivity contribution < 1.29 is 32.2 Å². The molecular weight excluding hydrogens is 401 g/mol. The van der Waals surface area contributed by atoms with Gasteiger partial charge in [0, 0.05) is 19.5 Å². The summed E-state index contributed by atoms with van der Waals surface area (Å²) in [6, 6.07) is 8.93. The van der Waals surface area contributed by atoms with Crippen LogP contribution in [0.1, 0.15) is 25.3 Å². The monoisotopic (exact) mass is 422 g/mol. The molecule has 2 aromatic rings. The number of hydrogen-bond acceptors (Lipinski definition) is 4. The van der Waals surface area contributed by atoms with Gasteiger partial charge in [-0.25, -0.2) is 0 Å². The zero-order valence-corrected chi connectivity index (χ0v) is 16.7. The first-order valence-corrected chi connectivity index (χ1v) is 9.16. The predicted octanol–water partition coefficient (Wildman–Crippen LogP) is 4.46. The number of likely N-dealkylation sites (N-methyl/N-ethyl adjacent to an activating group) is 1. The summed E-state index contributed by atoms with van der Waals surface area (Å²) in [5, 5.41) is 2.76. The summed E-state index contributed by atoms with van der Waals surface area (Å²) < 4.78 is 49.0. The predicted molar refractivity (Wildman–Crippen MR) is 104 cm³/mol.